The van der Waals surface area contributed by atoms with Crippen LogP contribution in [0.15, 0.2) is 36.5 Å². The van der Waals surface area contributed by atoms with Crippen molar-refractivity contribution in [3.05, 3.63) is 58.9 Å². The molecule has 1 N–H and O–H groups in total. The second-order valence-corrected chi connectivity index (χ2v) is 9.94. The number of nitrogens with zero attached hydrogens (tertiary/aromatic N) is 4. The minimum atomic E-state index is 0.447. The highest BCUT2D eigenvalue weighted by molar-refractivity contribution is 5.58. The van der Waals surface area contributed by atoms with Crippen molar-refractivity contribution in [2.75, 3.05) is 45.7 Å². The lowest BCUT2D eigenvalue weighted by Crippen LogP contribution is -2.45. The van der Waals surface area contributed by atoms with Gasteiger partial charge in [0.25, 0.3) is 0 Å². The van der Waals surface area contributed by atoms with Crippen LogP contribution < -0.4 is 10.2 Å². The maximum atomic E-state index is 4.77. The van der Waals surface area contributed by atoms with Gasteiger partial charge in [0.1, 0.15) is 0 Å². The molecular formula is C26H37N5. The van der Waals surface area contributed by atoms with Gasteiger partial charge in [0.2, 0.25) is 0 Å². The van der Waals surface area contributed by atoms with Crippen molar-refractivity contribution in [2.45, 2.75) is 56.8 Å². The molecule has 1 aliphatic carbocycles. The quantitative estimate of drug-likeness (QED) is 0.805. The number of aromatic nitrogens is 1. The molecule has 3 aliphatic rings. The highest BCUT2D eigenvalue weighted by Gasteiger charge is 2.30. The van der Waals surface area contributed by atoms with Crippen LogP contribution in [-0.4, -0.2) is 67.6 Å². The molecular weight excluding hydrogens is 382 g/mol. The van der Waals surface area contributed by atoms with Crippen LogP contribution in [0.2, 0.25) is 0 Å². The van der Waals surface area contributed by atoms with Crippen LogP contribution in [0, 0.1) is 0 Å². The molecule has 0 amide bonds. The topological polar surface area (TPSA) is 34.6 Å². The van der Waals surface area contributed by atoms with Crippen molar-refractivity contribution in [1.82, 2.24) is 20.1 Å². The first-order chi connectivity index (χ1) is 15.1. The number of anilines is 1. The lowest BCUT2D eigenvalue weighted by atomic mass is 9.89. The van der Waals surface area contributed by atoms with Crippen molar-refractivity contribution >= 4 is 5.69 Å². The van der Waals surface area contributed by atoms with E-state index < -0.39 is 0 Å². The average Bonchev–Trinajstić information content (AvgIpc) is 3.29. The van der Waals surface area contributed by atoms with Crippen molar-refractivity contribution < 1.29 is 0 Å². The van der Waals surface area contributed by atoms with Gasteiger partial charge in [-0.05, 0) is 82.1 Å². The molecule has 1 aromatic heterocycles. The minimum absolute atomic E-state index is 0.447. The molecule has 2 aliphatic heterocycles. The summed E-state index contributed by atoms with van der Waals surface area (Å²) in [5, 5.41) is 3.83. The molecule has 0 radical (unpaired) electrons. The van der Waals surface area contributed by atoms with E-state index in [1.165, 1.54) is 54.7 Å². The highest BCUT2D eigenvalue weighted by Crippen LogP contribution is 2.34. The van der Waals surface area contributed by atoms with Crippen molar-refractivity contribution in [3.8, 4) is 0 Å². The number of nitrogens with one attached hydrogen (secondary N) is 1. The fourth-order valence-electron chi connectivity index (χ4n) is 5.89. The molecule has 166 valence electrons. The number of hydrogen-bond donors (Lipinski definition) is 1. The SMILES string of the molecule is CN(C)[C@H]1CCN(c2cccc3c2C[C@H](CN(C)[C@H]2CCCc4cccnc42)NC3)C1. The minimum Gasteiger partial charge on any atom is -0.370 e. The fourth-order valence-corrected chi connectivity index (χ4v) is 5.89. The lowest BCUT2D eigenvalue weighted by Gasteiger charge is -2.37. The van der Waals surface area contributed by atoms with Gasteiger partial charge in [-0.25, -0.2) is 0 Å². The molecule has 1 saturated heterocycles. The predicted molar refractivity (Wildman–Crippen MR) is 128 cm³/mol. The van der Waals surface area contributed by atoms with Crippen LogP contribution in [0.25, 0.3) is 0 Å². The first kappa shape index (κ1) is 20.9. The Morgan fingerprint density at radius 2 is 1.97 bits per heavy atom. The molecule has 5 heteroatoms. The Kier molecular flexibility index (Phi) is 6.00. The van der Waals surface area contributed by atoms with E-state index in [2.05, 4.69) is 71.5 Å². The largest absolute Gasteiger partial charge is 0.370 e. The lowest BCUT2D eigenvalue weighted by molar-refractivity contribution is 0.191. The number of pyridine rings is 1. The molecule has 5 nitrogen and oxygen atoms in total. The van der Waals surface area contributed by atoms with Gasteiger partial charge in [0.15, 0.2) is 0 Å². The zero-order valence-electron chi connectivity index (χ0n) is 19.3. The number of benzene rings is 1. The van der Waals surface area contributed by atoms with Crippen molar-refractivity contribution in [2.24, 2.45) is 0 Å². The maximum absolute atomic E-state index is 4.77. The smallest absolute Gasteiger partial charge is 0.0607 e. The number of rotatable bonds is 5. The molecule has 3 heterocycles. The van der Waals surface area contributed by atoms with E-state index in [0.717, 1.165) is 26.1 Å². The molecule has 31 heavy (non-hydrogen) atoms. The van der Waals surface area contributed by atoms with E-state index in [9.17, 15) is 0 Å². The standard InChI is InChI=1S/C26H37N5/c1-29(2)22-12-14-31(18-22)24-10-5-8-20-16-28-21(15-23(20)24)17-30(3)25-11-4-7-19-9-6-13-27-26(19)25/h5-6,8-10,13,21-22,25,28H,4,7,11-12,14-18H2,1-3H3/t21-,22+,25+/m1/s1. The molecule has 1 aromatic carbocycles. The van der Waals surface area contributed by atoms with Crippen LogP contribution in [0.4, 0.5) is 5.69 Å². The van der Waals surface area contributed by atoms with Gasteiger partial charge >= 0.3 is 0 Å². The van der Waals surface area contributed by atoms with Crippen LogP contribution in [-0.2, 0) is 19.4 Å². The van der Waals surface area contributed by atoms with Gasteiger partial charge in [0.05, 0.1) is 11.7 Å². The number of hydrogen-bond acceptors (Lipinski definition) is 5. The Morgan fingerprint density at radius 3 is 2.81 bits per heavy atom. The van der Waals surface area contributed by atoms with E-state index in [-0.39, 0.29) is 0 Å². The molecule has 5 rings (SSSR count). The third-order valence-electron chi connectivity index (χ3n) is 7.72. The third-order valence-corrected chi connectivity index (χ3v) is 7.72. The first-order valence-corrected chi connectivity index (χ1v) is 12.0. The number of fused-ring (bicyclic) bond motifs is 2. The van der Waals surface area contributed by atoms with E-state index >= 15 is 0 Å². The Morgan fingerprint density at radius 1 is 1.10 bits per heavy atom. The second-order valence-electron chi connectivity index (χ2n) is 9.94. The Bertz CT molecular complexity index is 910. The highest BCUT2D eigenvalue weighted by atomic mass is 15.2. The molecule has 2 aromatic rings. The summed E-state index contributed by atoms with van der Waals surface area (Å²) >= 11 is 0. The van der Waals surface area contributed by atoms with E-state index in [1.807, 2.05) is 6.20 Å². The zero-order chi connectivity index (χ0) is 21.4. The van der Waals surface area contributed by atoms with Crippen LogP contribution >= 0.6 is 0 Å². The summed E-state index contributed by atoms with van der Waals surface area (Å²) in [6.07, 6.45) is 7.99. The predicted octanol–water partition coefficient (Wildman–Crippen LogP) is 3.25. The Balaban J connectivity index is 1.30. The van der Waals surface area contributed by atoms with Gasteiger partial charge in [-0.1, -0.05) is 18.2 Å². The van der Waals surface area contributed by atoms with Crippen LogP contribution in [0.1, 0.15) is 47.7 Å². The van der Waals surface area contributed by atoms with Gasteiger partial charge < -0.3 is 15.1 Å². The summed E-state index contributed by atoms with van der Waals surface area (Å²) in [5.74, 6) is 0. The number of likely N-dealkylation sites (N-methyl/N-ethyl adjacent to an activating group) is 2. The molecule has 0 saturated carbocycles. The average molecular weight is 420 g/mol. The first-order valence-electron chi connectivity index (χ1n) is 12.0. The van der Waals surface area contributed by atoms with Gasteiger partial charge in [-0.15, -0.1) is 0 Å². The number of aryl methyl sites for hydroxylation is 1. The van der Waals surface area contributed by atoms with E-state index in [4.69, 9.17) is 4.98 Å². The van der Waals surface area contributed by atoms with Crippen LogP contribution in [0.5, 0.6) is 0 Å². The summed E-state index contributed by atoms with van der Waals surface area (Å²) in [4.78, 5) is 12.3. The fraction of sp³-hybridized carbons (Fsp3) is 0.577. The van der Waals surface area contributed by atoms with Crippen LogP contribution in [0.3, 0.4) is 0 Å². The molecule has 0 spiro atoms. The summed E-state index contributed by atoms with van der Waals surface area (Å²) in [5.41, 5.74) is 7.27. The molecule has 3 atom stereocenters. The molecule has 0 bridgehead atoms. The summed E-state index contributed by atoms with van der Waals surface area (Å²) in [6.45, 7) is 4.36. The summed E-state index contributed by atoms with van der Waals surface area (Å²) in [6, 6.07) is 12.9. The van der Waals surface area contributed by atoms with Gasteiger partial charge in [-0.2, -0.15) is 0 Å². The summed E-state index contributed by atoms with van der Waals surface area (Å²) in [7, 11) is 6.71. The van der Waals surface area contributed by atoms with Crippen molar-refractivity contribution in [3.63, 3.8) is 0 Å². The van der Waals surface area contributed by atoms with E-state index in [0.29, 0.717) is 18.1 Å². The second kappa shape index (κ2) is 8.89. The monoisotopic (exact) mass is 419 g/mol. The third kappa shape index (κ3) is 4.23. The molecule has 1 fully saturated rings. The molecule has 0 unspecified atom stereocenters. The Labute approximate surface area is 187 Å². The van der Waals surface area contributed by atoms with E-state index in [1.54, 1.807) is 5.56 Å². The van der Waals surface area contributed by atoms with Gasteiger partial charge in [0, 0.05) is 50.1 Å². The zero-order valence-corrected chi connectivity index (χ0v) is 19.3. The normalized spacial score (nSPS) is 25.7. The Hall–Kier alpha value is -1.95. The maximum Gasteiger partial charge on any atom is 0.0607 e. The summed E-state index contributed by atoms with van der Waals surface area (Å²) < 4.78 is 0. The van der Waals surface area contributed by atoms with Gasteiger partial charge in [-0.3, -0.25) is 9.88 Å². The van der Waals surface area contributed by atoms with Crippen molar-refractivity contribution in [1.29, 1.82) is 0 Å².